The van der Waals surface area contributed by atoms with E-state index in [0.717, 1.165) is 33.4 Å². The molecular weight excluding hydrogens is 464 g/mol. The highest BCUT2D eigenvalue weighted by atomic mass is 16.6. The van der Waals surface area contributed by atoms with Crippen molar-refractivity contribution in [1.29, 1.82) is 0 Å². The zero-order valence-corrected chi connectivity index (χ0v) is 20.0. The molecule has 0 radical (unpaired) electrons. The first-order chi connectivity index (χ1) is 18.2. The fraction of sp³-hybridized carbons (Fsp3) is 0.188. The third-order valence-corrected chi connectivity index (χ3v) is 7.82. The van der Waals surface area contributed by atoms with E-state index >= 15 is 0 Å². The van der Waals surface area contributed by atoms with Crippen molar-refractivity contribution >= 4 is 11.9 Å². The van der Waals surface area contributed by atoms with Gasteiger partial charge in [-0.05, 0) is 34.4 Å². The maximum atomic E-state index is 13.0. The molecule has 37 heavy (non-hydrogen) atoms. The summed E-state index contributed by atoms with van der Waals surface area (Å²) in [5.41, 5.74) is 6.07. The summed E-state index contributed by atoms with van der Waals surface area (Å²) in [5, 5.41) is 0. The summed E-state index contributed by atoms with van der Waals surface area (Å²) in [6, 6.07) is 31.9. The summed E-state index contributed by atoms with van der Waals surface area (Å²) in [5.74, 6) is -1.30. The molecule has 1 fully saturated rings. The Bertz CT molecular complexity index is 1400. The van der Waals surface area contributed by atoms with Gasteiger partial charge in [0.05, 0.1) is 11.8 Å². The Balaban J connectivity index is 1.38. The van der Waals surface area contributed by atoms with Gasteiger partial charge in [0, 0.05) is 23.0 Å². The van der Waals surface area contributed by atoms with Crippen molar-refractivity contribution in [2.75, 3.05) is 0 Å². The van der Waals surface area contributed by atoms with Crippen LogP contribution in [0, 0.1) is 11.8 Å². The van der Waals surface area contributed by atoms with Crippen molar-refractivity contribution in [1.82, 2.24) is 0 Å². The minimum Gasteiger partial charge on any atom is -0.489 e. The Kier molecular flexibility index (Phi) is 5.10. The molecule has 0 amide bonds. The van der Waals surface area contributed by atoms with Gasteiger partial charge < -0.3 is 14.2 Å². The Morgan fingerprint density at radius 2 is 0.946 bits per heavy atom. The van der Waals surface area contributed by atoms with Crippen LogP contribution >= 0.6 is 0 Å². The minimum absolute atomic E-state index is 0.341. The van der Waals surface area contributed by atoms with E-state index in [1.54, 1.807) is 0 Å². The fourth-order valence-electron chi connectivity index (χ4n) is 6.31. The molecule has 1 heterocycles. The number of hydrogen-bond acceptors (Lipinski definition) is 5. The number of carbonyl (C=O) groups excluding carboxylic acids is 2. The smallest absolute Gasteiger partial charge is 0.318 e. The molecule has 0 N–H and O–H groups in total. The van der Waals surface area contributed by atoms with E-state index < -0.39 is 23.8 Å². The predicted molar refractivity (Wildman–Crippen MR) is 136 cm³/mol. The van der Waals surface area contributed by atoms with Crippen molar-refractivity contribution in [2.24, 2.45) is 11.8 Å². The van der Waals surface area contributed by atoms with Gasteiger partial charge in [0.25, 0.3) is 0 Å². The third-order valence-electron chi connectivity index (χ3n) is 7.82. The minimum atomic E-state index is -0.566. The van der Waals surface area contributed by atoms with E-state index in [1.807, 2.05) is 84.9 Å². The van der Waals surface area contributed by atoms with Crippen LogP contribution < -0.4 is 9.47 Å². The molecule has 0 aromatic heterocycles. The quantitative estimate of drug-likeness (QED) is 0.255. The van der Waals surface area contributed by atoms with Crippen LogP contribution in [0.25, 0.3) is 0 Å². The summed E-state index contributed by atoms with van der Waals surface area (Å²) < 4.78 is 18.0. The van der Waals surface area contributed by atoms with Crippen LogP contribution in [-0.4, -0.2) is 11.9 Å². The molecular formula is C32H24O5. The Morgan fingerprint density at radius 1 is 0.541 bits per heavy atom. The lowest BCUT2D eigenvalue weighted by atomic mass is 9.54. The molecule has 1 saturated heterocycles. The lowest BCUT2D eigenvalue weighted by Gasteiger charge is -2.46. The van der Waals surface area contributed by atoms with Crippen LogP contribution in [0.2, 0.25) is 0 Å². The second-order valence-corrected chi connectivity index (χ2v) is 9.81. The van der Waals surface area contributed by atoms with Crippen LogP contribution in [-0.2, 0) is 27.5 Å². The largest absolute Gasteiger partial charge is 0.489 e. The van der Waals surface area contributed by atoms with E-state index in [4.69, 9.17) is 14.2 Å². The molecule has 4 aliphatic rings. The molecule has 4 aromatic carbocycles. The highest BCUT2D eigenvalue weighted by Crippen LogP contribution is 2.64. The van der Waals surface area contributed by atoms with Crippen LogP contribution in [0.1, 0.15) is 45.2 Å². The lowest BCUT2D eigenvalue weighted by molar-refractivity contribution is -0.153. The number of ether oxygens (including phenoxy) is 3. The summed E-state index contributed by atoms with van der Waals surface area (Å²) in [6.45, 7) is 0.794. The Hall–Kier alpha value is -4.38. The van der Waals surface area contributed by atoms with Gasteiger partial charge in [-0.3, -0.25) is 9.59 Å². The molecule has 8 rings (SSSR count). The molecule has 4 unspecified atom stereocenters. The summed E-state index contributed by atoms with van der Waals surface area (Å²) in [6.07, 6.45) is 0. The predicted octanol–water partition coefficient (Wildman–Crippen LogP) is 5.75. The van der Waals surface area contributed by atoms with Crippen LogP contribution in [0.3, 0.4) is 0 Å². The average Bonchev–Trinajstić information content (AvgIpc) is 3.26. The van der Waals surface area contributed by atoms with E-state index in [-0.39, 0.29) is 11.8 Å². The summed E-state index contributed by atoms with van der Waals surface area (Å²) >= 11 is 0. The number of rotatable bonds is 6. The molecule has 3 aliphatic carbocycles. The van der Waals surface area contributed by atoms with E-state index in [0.29, 0.717) is 24.7 Å². The molecule has 182 valence electrons. The van der Waals surface area contributed by atoms with Crippen LogP contribution in [0.5, 0.6) is 11.5 Å². The molecule has 5 nitrogen and oxygen atoms in total. The number of hydrogen-bond donors (Lipinski definition) is 0. The maximum Gasteiger partial charge on any atom is 0.318 e. The molecule has 5 heteroatoms. The van der Waals surface area contributed by atoms with Gasteiger partial charge in [-0.25, -0.2) is 0 Å². The summed E-state index contributed by atoms with van der Waals surface area (Å²) in [4.78, 5) is 26.0. The molecule has 4 atom stereocenters. The fourth-order valence-corrected chi connectivity index (χ4v) is 6.31. The first-order valence-corrected chi connectivity index (χ1v) is 12.6. The second-order valence-electron chi connectivity index (χ2n) is 9.81. The van der Waals surface area contributed by atoms with Gasteiger partial charge in [0.15, 0.2) is 0 Å². The van der Waals surface area contributed by atoms with Crippen LogP contribution in [0.15, 0.2) is 97.1 Å². The van der Waals surface area contributed by atoms with Crippen molar-refractivity contribution in [3.63, 3.8) is 0 Å². The zero-order chi connectivity index (χ0) is 24.9. The van der Waals surface area contributed by atoms with Crippen molar-refractivity contribution in [3.8, 4) is 11.5 Å². The number of carbonyl (C=O) groups is 2. The van der Waals surface area contributed by atoms with Gasteiger partial charge in [-0.15, -0.1) is 0 Å². The number of benzene rings is 4. The Morgan fingerprint density at radius 3 is 1.38 bits per heavy atom. The maximum absolute atomic E-state index is 13.0. The highest BCUT2D eigenvalue weighted by Gasteiger charge is 2.62. The first kappa shape index (κ1) is 21.9. The number of esters is 2. The number of cyclic esters (lactones) is 2. The molecule has 0 saturated carbocycles. The molecule has 2 bridgehead atoms. The lowest BCUT2D eigenvalue weighted by Crippen LogP contribution is -2.42. The molecule has 0 spiro atoms. The molecule has 4 aromatic rings. The van der Waals surface area contributed by atoms with Crippen LogP contribution in [0.4, 0.5) is 0 Å². The SMILES string of the molecule is O=C1OC(=O)C2C3c4ccccc4C(c4c(OCc5ccccc5)ccc(OCc5ccccc5)c43)C12. The monoisotopic (exact) mass is 488 g/mol. The van der Waals surface area contributed by atoms with Crippen molar-refractivity contribution in [3.05, 3.63) is 130 Å². The van der Waals surface area contributed by atoms with Gasteiger partial charge in [-0.1, -0.05) is 84.9 Å². The van der Waals surface area contributed by atoms with E-state index in [2.05, 4.69) is 12.1 Å². The van der Waals surface area contributed by atoms with Gasteiger partial charge in [-0.2, -0.15) is 0 Å². The highest BCUT2D eigenvalue weighted by molar-refractivity contribution is 6.00. The van der Waals surface area contributed by atoms with E-state index in [1.165, 1.54) is 0 Å². The Labute approximate surface area is 214 Å². The van der Waals surface area contributed by atoms with E-state index in [9.17, 15) is 9.59 Å². The summed E-state index contributed by atoms with van der Waals surface area (Å²) in [7, 11) is 0. The second kappa shape index (κ2) is 8.63. The average molecular weight is 489 g/mol. The first-order valence-electron chi connectivity index (χ1n) is 12.6. The zero-order valence-electron chi connectivity index (χ0n) is 20.0. The van der Waals surface area contributed by atoms with Crippen molar-refractivity contribution < 1.29 is 23.8 Å². The van der Waals surface area contributed by atoms with Crippen molar-refractivity contribution in [2.45, 2.75) is 25.0 Å². The molecule has 1 aliphatic heterocycles. The standard InChI is InChI=1S/C32H24O5/c33-31-29-25-21-13-7-8-14-22(21)26(30(29)32(34)37-31)28-24(36-18-20-11-5-2-6-12-20)16-15-23(27(25)28)35-17-19-9-3-1-4-10-19/h1-16,25-26,29-30H,17-18H2. The normalized spacial score (nSPS) is 22.6. The third kappa shape index (κ3) is 3.45. The topological polar surface area (TPSA) is 61.8 Å². The van der Waals surface area contributed by atoms with Gasteiger partial charge in [0.2, 0.25) is 0 Å². The van der Waals surface area contributed by atoms with Gasteiger partial charge in [0.1, 0.15) is 24.7 Å². The van der Waals surface area contributed by atoms with Gasteiger partial charge >= 0.3 is 11.9 Å².